The fourth-order valence-electron chi connectivity index (χ4n) is 2.70. The van der Waals surface area contributed by atoms with Crippen LogP contribution in [0, 0.1) is 0 Å². The van der Waals surface area contributed by atoms with Crippen LogP contribution in [0.15, 0.2) is 47.4 Å². The molecule has 3 N–H and O–H groups in total. The Morgan fingerprint density at radius 2 is 1.72 bits per heavy atom. The van der Waals surface area contributed by atoms with E-state index < -0.39 is 29.2 Å². The van der Waals surface area contributed by atoms with Crippen LogP contribution in [0.2, 0.25) is 5.02 Å². The first-order valence-corrected chi connectivity index (χ1v) is 8.95. The number of pyridine rings is 1. The maximum Gasteiger partial charge on any atom is 0.417 e. The van der Waals surface area contributed by atoms with Crippen LogP contribution >= 0.6 is 11.6 Å². The second kappa shape index (κ2) is 8.22. The monoisotopic (exact) mass is 478 g/mol. The topological polar surface area (TPSA) is 89.1 Å². The van der Waals surface area contributed by atoms with Gasteiger partial charge >= 0.3 is 18.0 Å². The molecule has 0 fully saturated rings. The molecule has 0 spiro atoms. The predicted octanol–water partition coefficient (Wildman–Crippen LogP) is 4.36. The van der Waals surface area contributed by atoms with Crippen LogP contribution in [0.3, 0.4) is 0 Å². The maximum atomic E-state index is 12.9. The zero-order valence-electron chi connectivity index (χ0n) is 16.0. The molecular weight excluding hydrogens is 466 g/mol. The summed E-state index contributed by atoms with van der Waals surface area (Å²) in [5, 5.41) is 0.762. The molecule has 0 radical (unpaired) electrons. The molecule has 32 heavy (non-hydrogen) atoms. The molecule has 1 aromatic carbocycles. The molecule has 0 aliphatic carbocycles. The van der Waals surface area contributed by atoms with Gasteiger partial charge in [0.05, 0.1) is 21.8 Å². The second-order valence-electron chi connectivity index (χ2n) is 6.43. The number of halogens is 7. The third-order valence-corrected chi connectivity index (χ3v) is 4.41. The molecule has 2 aromatic heterocycles. The smallest absolute Gasteiger partial charge is 0.385 e. The first-order chi connectivity index (χ1) is 14.8. The Kier molecular flexibility index (Phi) is 5.96. The van der Waals surface area contributed by atoms with Gasteiger partial charge in [-0.25, -0.2) is 14.3 Å². The van der Waals surface area contributed by atoms with E-state index in [0.717, 1.165) is 33.8 Å². The summed E-state index contributed by atoms with van der Waals surface area (Å²) in [6.07, 6.45) is -8.68. The van der Waals surface area contributed by atoms with Crippen LogP contribution in [0.4, 0.5) is 43.8 Å². The molecule has 2 heterocycles. The number of aromatic nitrogens is 3. The molecule has 14 heteroatoms. The van der Waals surface area contributed by atoms with Gasteiger partial charge in [-0.2, -0.15) is 31.3 Å². The van der Waals surface area contributed by atoms with Crippen LogP contribution in [-0.4, -0.2) is 21.6 Å². The standard InChI is InChI=1S/C18H13ClF6N6O/c1-30(15-12(19)6-10(8-27-15)18(23,24)25)29-14-7-13(26)31(16(32)28-14)11-4-2-3-9(5-11)17(20,21)22/h2-8H,26H2,1H3,(H,28,29,32). The van der Waals surface area contributed by atoms with E-state index in [1.54, 1.807) is 0 Å². The van der Waals surface area contributed by atoms with Gasteiger partial charge in [0.15, 0.2) is 11.6 Å². The number of hydrogen-bond acceptors (Lipinski definition) is 6. The van der Waals surface area contributed by atoms with Crippen molar-refractivity contribution in [3.05, 3.63) is 69.2 Å². The lowest BCUT2D eigenvalue weighted by Gasteiger charge is -2.22. The summed E-state index contributed by atoms with van der Waals surface area (Å²) in [4.78, 5) is 19.8. The quantitative estimate of drug-likeness (QED) is 0.428. The molecule has 0 amide bonds. The number of benzene rings is 1. The van der Waals surface area contributed by atoms with Crippen molar-refractivity contribution in [2.45, 2.75) is 12.4 Å². The highest BCUT2D eigenvalue weighted by molar-refractivity contribution is 6.33. The van der Waals surface area contributed by atoms with E-state index >= 15 is 0 Å². The number of rotatable bonds is 4. The van der Waals surface area contributed by atoms with Crippen LogP contribution in [0.1, 0.15) is 11.1 Å². The van der Waals surface area contributed by atoms with Gasteiger partial charge in [0, 0.05) is 19.3 Å². The van der Waals surface area contributed by atoms with Crippen molar-refractivity contribution >= 4 is 29.1 Å². The summed E-state index contributed by atoms with van der Waals surface area (Å²) in [6.45, 7) is 0. The number of nitrogens with zero attached hydrogens (tertiary/aromatic N) is 4. The Morgan fingerprint density at radius 1 is 1.06 bits per heavy atom. The summed E-state index contributed by atoms with van der Waals surface area (Å²) in [6, 6.07) is 5.77. The van der Waals surface area contributed by atoms with Gasteiger partial charge < -0.3 is 5.73 Å². The van der Waals surface area contributed by atoms with Crippen molar-refractivity contribution in [2.24, 2.45) is 0 Å². The number of nitrogens with two attached hydrogens (primary N) is 1. The third kappa shape index (κ3) is 4.88. The van der Waals surface area contributed by atoms with Gasteiger partial charge in [-0.1, -0.05) is 17.7 Å². The van der Waals surface area contributed by atoms with E-state index in [2.05, 4.69) is 15.4 Å². The number of nitrogens with one attached hydrogen (secondary N) is 1. The molecule has 0 unspecified atom stereocenters. The van der Waals surface area contributed by atoms with E-state index in [1.807, 2.05) is 0 Å². The molecule has 0 bridgehead atoms. The summed E-state index contributed by atoms with van der Waals surface area (Å²) in [5.41, 5.74) is 5.24. The summed E-state index contributed by atoms with van der Waals surface area (Å²) < 4.78 is 77.9. The molecule has 0 aliphatic heterocycles. The summed E-state index contributed by atoms with van der Waals surface area (Å²) >= 11 is 5.87. The average molecular weight is 479 g/mol. The lowest BCUT2D eigenvalue weighted by Crippen LogP contribution is -2.31. The molecule has 3 rings (SSSR count). The van der Waals surface area contributed by atoms with Crippen LogP contribution in [0.5, 0.6) is 0 Å². The normalized spacial score (nSPS) is 12.0. The van der Waals surface area contributed by atoms with Gasteiger partial charge in [-0.15, -0.1) is 0 Å². The van der Waals surface area contributed by atoms with E-state index in [0.29, 0.717) is 12.3 Å². The van der Waals surface area contributed by atoms with Crippen LogP contribution < -0.4 is 21.9 Å². The zero-order chi connectivity index (χ0) is 23.8. The average Bonchev–Trinajstić information content (AvgIpc) is 2.66. The van der Waals surface area contributed by atoms with E-state index in [-0.39, 0.29) is 28.2 Å². The first kappa shape index (κ1) is 23.2. The second-order valence-corrected chi connectivity index (χ2v) is 6.84. The van der Waals surface area contributed by atoms with Crippen LogP contribution in [0.25, 0.3) is 5.69 Å². The van der Waals surface area contributed by atoms with E-state index in [4.69, 9.17) is 17.3 Å². The predicted molar refractivity (Wildman–Crippen MR) is 106 cm³/mol. The Bertz CT molecular complexity index is 1210. The molecular formula is C18H13ClF6N6O. The maximum absolute atomic E-state index is 12.9. The minimum atomic E-state index is -4.63. The lowest BCUT2D eigenvalue weighted by molar-refractivity contribution is -0.138. The molecule has 3 aromatic rings. The number of alkyl halides is 6. The minimum Gasteiger partial charge on any atom is -0.385 e. The Morgan fingerprint density at radius 3 is 2.28 bits per heavy atom. The van der Waals surface area contributed by atoms with Crippen molar-refractivity contribution < 1.29 is 26.3 Å². The van der Waals surface area contributed by atoms with Gasteiger partial charge in [0.25, 0.3) is 0 Å². The van der Waals surface area contributed by atoms with Crippen molar-refractivity contribution in [1.82, 2.24) is 14.5 Å². The Labute approximate surface area is 181 Å². The SMILES string of the molecule is CN(Nc1cc(N)n(-c2cccc(C(F)(F)F)c2)c(=O)n1)c1ncc(C(F)(F)F)cc1Cl. The number of hydrazine groups is 1. The molecule has 170 valence electrons. The van der Waals surface area contributed by atoms with Gasteiger partial charge in [0.1, 0.15) is 5.82 Å². The van der Waals surface area contributed by atoms with Crippen LogP contribution in [-0.2, 0) is 12.4 Å². The van der Waals surface area contributed by atoms with Crippen molar-refractivity contribution in [2.75, 3.05) is 23.2 Å². The van der Waals surface area contributed by atoms with Crippen molar-refractivity contribution in [1.29, 1.82) is 0 Å². The Hall–Kier alpha value is -3.48. The molecule has 0 saturated heterocycles. The Balaban J connectivity index is 1.90. The van der Waals surface area contributed by atoms with Gasteiger partial charge in [-0.3, -0.25) is 10.4 Å². The lowest BCUT2D eigenvalue weighted by atomic mass is 10.2. The molecule has 0 atom stereocenters. The highest BCUT2D eigenvalue weighted by Crippen LogP contribution is 2.33. The number of nitrogen functional groups attached to an aromatic ring is 1. The van der Waals surface area contributed by atoms with E-state index in [9.17, 15) is 31.1 Å². The minimum absolute atomic E-state index is 0.109. The highest BCUT2D eigenvalue weighted by atomic mass is 35.5. The van der Waals surface area contributed by atoms with E-state index in [1.165, 1.54) is 13.1 Å². The fraction of sp³-hybridized carbons (Fsp3) is 0.167. The van der Waals surface area contributed by atoms with Crippen molar-refractivity contribution in [3.63, 3.8) is 0 Å². The molecule has 7 nitrogen and oxygen atoms in total. The highest BCUT2D eigenvalue weighted by Gasteiger charge is 2.32. The molecule has 0 saturated carbocycles. The van der Waals surface area contributed by atoms with Gasteiger partial charge in [-0.05, 0) is 24.3 Å². The van der Waals surface area contributed by atoms with Crippen molar-refractivity contribution in [3.8, 4) is 5.69 Å². The summed E-state index contributed by atoms with van der Waals surface area (Å²) in [5.74, 6) is -0.496. The number of anilines is 3. The largest absolute Gasteiger partial charge is 0.417 e. The third-order valence-electron chi connectivity index (χ3n) is 4.13. The first-order valence-electron chi connectivity index (χ1n) is 8.57. The van der Waals surface area contributed by atoms with Gasteiger partial charge in [0.2, 0.25) is 0 Å². The summed E-state index contributed by atoms with van der Waals surface area (Å²) in [7, 11) is 1.34. The fourth-order valence-corrected chi connectivity index (χ4v) is 2.99. The zero-order valence-corrected chi connectivity index (χ0v) is 16.7. The number of hydrogen-bond donors (Lipinski definition) is 2. The molecule has 0 aliphatic rings.